The Morgan fingerprint density at radius 2 is 1.81 bits per heavy atom. The smallest absolute Gasteiger partial charge is 0.490 e. The molecule has 1 rings (SSSR count). The monoisotopic (exact) mass is 395 g/mol. The molecule has 8 nitrogen and oxygen atoms in total. The number of halogens is 3. The summed E-state index contributed by atoms with van der Waals surface area (Å²) in [6.07, 6.45) is -5.08. The van der Waals surface area contributed by atoms with Crippen LogP contribution in [0.25, 0.3) is 0 Å². The number of rotatable bonds is 6. The van der Waals surface area contributed by atoms with Gasteiger partial charge in [-0.05, 0) is 26.0 Å². The third kappa shape index (κ3) is 8.49. The average Bonchev–Trinajstić information content (AvgIpc) is 2.59. The summed E-state index contributed by atoms with van der Waals surface area (Å²) in [6.45, 7) is 4.81. The molecule has 0 aliphatic rings. The highest BCUT2D eigenvalue weighted by Crippen LogP contribution is 2.29. The molecule has 0 saturated carbocycles. The van der Waals surface area contributed by atoms with Gasteiger partial charge in [0.05, 0.1) is 19.9 Å². The van der Waals surface area contributed by atoms with E-state index in [1.807, 2.05) is 13.8 Å². The van der Waals surface area contributed by atoms with E-state index in [4.69, 9.17) is 25.1 Å². The zero-order valence-corrected chi connectivity index (χ0v) is 15.5. The number of carbonyl (C=O) groups is 2. The molecule has 11 heteroatoms. The Morgan fingerprint density at radius 1 is 1.26 bits per heavy atom. The molecule has 154 valence electrons. The molecule has 0 radical (unpaired) electrons. The molecule has 0 atom stereocenters. The summed E-state index contributed by atoms with van der Waals surface area (Å²) in [5.74, 6) is -1.54. The van der Waals surface area contributed by atoms with Gasteiger partial charge in [0.1, 0.15) is 11.5 Å². The van der Waals surface area contributed by atoms with Crippen LogP contribution in [0, 0.1) is 0 Å². The highest BCUT2D eigenvalue weighted by atomic mass is 19.4. The fourth-order valence-corrected chi connectivity index (χ4v) is 1.82. The predicted octanol–water partition coefficient (Wildman–Crippen LogP) is 2.54. The number of amides is 2. The van der Waals surface area contributed by atoms with Crippen LogP contribution in [0.5, 0.6) is 11.5 Å². The molecule has 0 spiro atoms. The van der Waals surface area contributed by atoms with Crippen LogP contribution in [0.2, 0.25) is 0 Å². The van der Waals surface area contributed by atoms with E-state index in [9.17, 15) is 18.0 Å². The summed E-state index contributed by atoms with van der Waals surface area (Å²) in [5.41, 5.74) is 6.13. The molecule has 1 aromatic carbocycles. The van der Waals surface area contributed by atoms with Crippen LogP contribution in [-0.4, -0.2) is 61.5 Å². The van der Waals surface area contributed by atoms with Gasteiger partial charge in [-0.1, -0.05) is 0 Å². The lowest BCUT2D eigenvalue weighted by atomic mass is 10.2. The molecular formula is C16H24F3N3O5. The highest BCUT2D eigenvalue weighted by Gasteiger charge is 2.38. The van der Waals surface area contributed by atoms with E-state index in [0.717, 1.165) is 0 Å². The van der Waals surface area contributed by atoms with Crippen LogP contribution in [-0.2, 0) is 4.79 Å². The first kappa shape index (κ1) is 24.3. The van der Waals surface area contributed by atoms with Gasteiger partial charge in [0.15, 0.2) is 0 Å². The maximum Gasteiger partial charge on any atom is 0.490 e. The number of nitrogens with zero attached hydrogens (tertiary/aromatic N) is 1. The van der Waals surface area contributed by atoms with Crippen molar-refractivity contribution in [1.82, 2.24) is 4.90 Å². The molecule has 1 aromatic rings. The van der Waals surface area contributed by atoms with E-state index >= 15 is 0 Å². The second kappa shape index (κ2) is 11.1. The van der Waals surface area contributed by atoms with Gasteiger partial charge in [-0.3, -0.25) is 0 Å². The van der Waals surface area contributed by atoms with Crippen molar-refractivity contribution in [3.63, 3.8) is 0 Å². The van der Waals surface area contributed by atoms with Crippen LogP contribution in [0.4, 0.5) is 23.7 Å². The standard InChI is InChI=1S/C14H23N3O3.C2HF3O2/c1-10(2)17(8-7-15)14(18)16-12-6-5-11(19-3)9-13(12)20-4;3-2(4,5)1(6)7/h5-6,9-10H,7-8,15H2,1-4H3,(H,16,18);(H,6,7). The summed E-state index contributed by atoms with van der Waals surface area (Å²) >= 11 is 0. The molecule has 0 aliphatic heterocycles. The van der Waals surface area contributed by atoms with Crippen LogP contribution in [0.1, 0.15) is 13.8 Å². The van der Waals surface area contributed by atoms with E-state index in [-0.39, 0.29) is 12.1 Å². The van der Waals surface area contributed by atoms with Crippen molar-refractivity contribution < 1.29 is 37.3 Å². The number of anilines is 1. The van der Waals surface area contributed by atoms with Gasteiger partial charge < -0.3 is 30.5 Å². The molecule has 27 heavy (non-hydrogen) atoms. The van der Waals surface area contributed by atoms with Gasteiger partial charge in [-0.25, -0.2) is 9.59 Å². The van der Waals surface area contributed by atoms with Crippen molar-refractivity contribution in [3.05, 3.63) is 18.2 Å². The summed E-state index contributed by atoms with van der Waals surface area (Å²) < 4.78 is 42.1. The maximum absolute atomic E-state index is 12.2. The number of carboxylic acids is 1. The predicted molar refractivity (Wildman–Crippen MR) is 93.2 cm³/mol. The Kier molecular flexibility index (Phi) is 10.0. The third-order valence-corrected chi connectivity index (χ3v) is 3.15. The highest BCUT2D eigenvalue weighted by molar-refractivity contribution is 5.91. The van der Waals surface area contributed by atoms with E-state index < -0.39 is 12.1 Å². The van der Waals surface area contributed by atoms with Crippen molar-refractivity contribution in [2.24, 2.45) is 5.73 Å². The fourth-order valence-electron chi connectivity index (χ4n) is 1.82. The zero-order chi connectivity index (χ0) is 21.2. The number of hydrogen-bond acceptors (Lipinski definition) is 5. The van der Waals surface area contributed by atoms with Crippen molar-refractivity contribution in [1.29, 1.82) is 0 Å². The number of nitrogens with two attached hydrogens (primary N) is 1. The van der Waals surface area contributed by atoms with Crippen molar-refractivity contribution in [3.8, 4) is 11.5 Å². The number of hydrogen-bond donors (Lipinski definition) is 3. The van der Waals surface area contributed by atoms with Crippen LogP contribution < -0.4 is 20.5 Å². The maximum atomic E-state index is 12.2. The van der Waals surface area contributed by atoms with Gasteiger partial charge in [-0.2, -0.15) is 13.2 Å². The number of nitrogens with one attached hydrogen (secondary N) is 1. The SMILES string of the molecule is COc1ccc(NC(=O)N(CCN)C(C)C)c(OC)c1.O=C(O)C(F)(F)F. The minimum Gasteiger partial charge on any atom is -0.497 e. The minimum absolute atomic E-state index is 0.0720. The molecular weight excluding hydrogens is 371 g/mol. The van der Waals surface area contributed by atoms with Crippen LogP contribution in [0.3, 0.4) is 0 Å². The summed E-state index contributed by atoms with van der Waals surface area (Å²) in [4.78, 5) is 22.8. The fraction of sp³-hybridized carbons (Fsp3) is 0.500. The Hall–Kier alpha value is -2.69. The number of carboxylic acid groups (broad SMARTS) is 1. The van der Waals surface area contributed by atoms with Gasteiger partial charge in [0.25, 0.3) is 0 Å². The number of aliphatic carboxylic acids is 1. The molecule has 0 aromatic heterocycles. The van der Waals surface area contributed by atoms with Gasteiger partial charge >= 0.3 is 18.2 Å². The lowest BCUT2D eigenvalue weighted by Gasteiger charge is -2.26. The van der Waals surface area contributed by atoms with E-state index in [2.05, 4.69) is 5.32 Å². The normalized spacial score (nSPS) is 10.6. The second-order valence-corrected chi connectivity index (χ2v) is 5.38. The van der Waals surface area contributed by atoms with Gasteiger partial charge in [-0.15, -0.1) is 0 Å². The van der Waals surface area contributed by atoms with Gasteiger partial charge in [0, 0.05) is 25.2 Å². The first-order valence-electron chi connectivity index (χ1n) is 7.77. The Bertz CT molecular complexity index is 624. The number of methoxy groups -OCH3 is 2. The lowest BCUT2D eigenvalue weighted by Crippen LogP contribution is -2.42. The molecule has 0 fully saturated rings. The third-order valence-electron chi connectivity index (χ3n) is 3.15. The summed E-state index contributed by atoms with van der Waals surface area (Å²) in [7, 11) is 3.12. The minimum atomic E-state index is -5.08. The Morgan fingerprint density at radius 3 is 2.19 bits per heavy atom. The van der Waals surface area contributed by atoms with E-state index in [1.54, 1.807) is 37.3 Å². The number of urea groups is 1. The Balaban J connectivity index is 0.000000821. The number of ether oxygens (including phenoxy) is 2. The van der Waals surface area contributed by atoms with Crippen molar-refractivity contribution in [2.75, 3.05) is 32.6 Å². The molecule has 4 N–H and O–H groups in total. The average molecular weight is 395 g/mol. The van der Waals surface area contributed by atoms with Crippen LogP contribution >= 0.6 is 0 Å². The molecule has 0 bridgehead atoms. The van der Waals surface area contributed by atoms with Crippen molar-refractivity contribution >= 4 is 17.7 Å². The summed E-state index contributed by atoms with van der Waals surface area (Å²) in [6, 6.07) is 5.10. The van der Waals surface area contributed by atoms with E-state index in [0.29, 0.717) is 30.3 Å². The first-order chi connectivity index (χ1) is 12.5. The van der Waals surface area contributed by atoms with Gasteiger partial charge in [0.2, 0.25) is 0 Å². The lowest BCUT2D eigenvalue weighted by molar-refractivity contribution is -0.192. The Labute approximate surface area is 155 Å². The quantitative estimate of drug-likeness (QED) is 0.682. The summed E-state index contributed by atoms with van der Waals surface area (Å²) in [5, 5.41) is 9.95. The topological polar surface area (TPSA) is 114 Å². The second-order valence-electron chi connectivity index (χ2n) is 5.38. The molecule has 0 aliphatic carbocycles. The molecule has 0 unspecified atom stereocenters. The number of carbonyl (C=O) groups excluding carboxylic acids is 1. The zero-order valence-electron chi connectivity index (χ0n) is 15.5. The van der Waals surface area contributed by atoms with Crippen molar-refractivity contribution in [2.45, 2.75) is 26.1 Å². The van der Waals surface area contributed by atoms with Crippen LogP contribution in [0.15, 0.2) is 18.2 Å². The number of alkyl halides is 3. The van der Waals surface area contributed by atoms with E-state index in [1.165, 1.54) is 0 Å². The number of benzene rings is 1. The molecule has 0 saturated heterocycles. The molecule has 2 amide bonds. The largest absolute Gasteiger partial charge is 0.497 e. The first-order valence-corrected chi connectivity index (χ1v) is 7.77. The molecule has 0 heterocycles.